The Morgan fingerprint density at radius 3 is 1.78 bits per heavy atom. The zero-order chi connectivity index (χ0) is 12.4. The van der Waals surface area contributed by atoms with Gasteiger partial charge in [0.25, 0.3) is 0 Å². The summed E-state index contributed by atoms with van der Waals surface area (Å²) < 4.78 is 0. The molecule has 2 N–H and O–H groups in total. The van der Waals surface area contributed by atoms with Gasteiger partial charge in [0.2, 0.25) is 0 Å². The highest BCUT2D eigenvalue weighted by Crippen LogP contribution is 2.29. The van der Waals surface area contributed by atoms with Crippen LogP contribution in [0.5, 0.6) is 0 Å². The fraction of sp³-hybridized carbons (Fsp3) is 0.0667. The number of nitrogens with one attached hydrogen (secondary N) is 2. The second-order valence-corrected chi connectivity index (χ2v) is 4.35. The summed E-state index contributed by atoms with van der Waals surface area (Å²) in [5.41, 5.74) is 4.34. The molecule has 0 saturated heterocycles. The molecule has 0 aliphatic heterocycles. The lowest BCUT2D eigenvalue weighted by atomic mass is 9.88. The molecule has 0 amide bonds. The topological polar surface area (TPSA) is 31.6 Å². The van der Waals surface area contributed by atoms with E-state index in [1.54, 1.807) is 0 Å². The number of H-pyrrole nitrogens is 2. The lowest BCUT2D eigenvalue weighted by Crippen LogP contribution is -2.07. The molecule has 3 rings (SSSR count). The highest BCUT2D eigenvalue weighted by Gasteiger charge is 2.17. The van der Waals surface area contributed by atoms with E-state index in [2.05, 4.69) is 34.2 Å². The molecule has 0 atom stereocenters. The van der Waals surface area contributed by atoms with Crippen molar-refractivity contribution in [2.24, 2.45) is 0 Å². The number of benzene rings is 1. The van der Waals surface area contributed by atoms with E-state index in [-0.39, 0.29) is 5.92 Å². The fourth-order valence-electron chi connectivity index (χ4n) is 2.26. The Balaban J connectivity index is 2.08. The van der Waals surface area contributed by atoms with Crippen molar-refractivity contribution in [1.82, 2.24) is 9.97 Å². The van der Waals surface area contributed by atoms with E-state index >= 15 is 0 Å². The van der Waals surface area contributed by atoms with Crippen molar-refractivity contribution < 1.29 is 0 Å². The first kappa shape index (κ1) is 11.0. The van der Waals surface area contributed by atoms with E-state index < -0.39 is 0 Å². The molecule has 0 bridgehead atoms. The molecule has 3 heteroatoms. The SMILES string of the molecule is [B]c1ccc(C(c2ccc[nH]2)c2ccc[nH]2)cc1. The predicted octanol–water partition coefficient (Wildman–Crippen LogP) is 2.32. The summed E-state index contributed by atoms with van der Waals surface area (Å²) in [5.74, 6) is 0.190. The van der Waals surface area contributed by atoms with Crippen LogP contribution >= 0.6 is 0 Å². The van der Waals surface area contributed by atoms with Crippen LogP contribution in [0.3, 0.4) is 0 Å². The molecular weight excluding hydrogens is 219 g/mol. The van der Waals surface area contributed by atoms with Crippen LogP contribution in [0.1, 0.15) is 22.9 Å². The van der Waals surface area contributed by atoms with Crippen LogP contribution < -0.4 is 5.46 Å². The fourth-order valence-corrected chi connectivity index (χ4v) is 2.26. The maximum absolute atomic E-state index is 5.75. The van der Waals surface area contributed by atoms with Crippen molar-refractivity contribution >= 4 is 13.3 Å². The van der Waals surface area contributed by atoms with Crippen molar-refractivity contribution in [2.75, 3.05) is 0 Å². The summed E-state index contributed by atoms with van der Waals surface area (Å²) in [6, 6.07) is 16.3. The van der Waals surface area contributed by atoms with Gasteiger partial charge in [0, 0.05) is 23.8 Å². The highest BCUT2D eigenvalue weighted by atomic mass is 14.7. The standard InChI is InChI=1S/C15H13BN2/c16-12-7-5-11(6-8-12)15(13-3-1-9-17-13)14-4-2-10-18-14/h1-10,15,17-18H. The molecule has 86 valence electrons. The lowest BCUT2D eigenvalue weighted by Gasteiger charge is -2.15. The molecule has 0 fully saturated rings. The third kappa shape index (κ3) is 1.99. The Bertz CT molecular complexity index is 560. The van der Waals surface area contributed by atoms with Crippen LogP contribution in [0.25, 0.3) is 0 Å². The Kier molecular flexibility index (Phi) is 2.81. The first-order valence-electron chi connectivity index (χ1n) is 5.96. The van der Waals surface area contributed by atoms with Crippen LogP contribution in [0, 0.1) is 0 Å². The minimum atomic E-state index is 0.190. The van der Waals surface area contributed by atoms with Gasteiger partial charge in [0.15, 0.2) is 0 Å². The molecule has 0 aliphatic rings. The molecule has 2 heterocycles. The molecule has 0 unspecified atom stereocenters. The van der Waals surface area contributed by atoms with Gasteiger partial charge < -0.3 is 9.97 Å². The highest BCUT2D eigenvalue weighted by molar-refractivity contribution is 6.32. The second-order valence-electron chi connectivity index (χ2n) is 4.35. The third-order valence-electron chi connectivity index (χ3n) is 3.14. The van der Waals surface area contributed by atoms with Gasteiger partial charge in [-0.3, -0.25) is 0 Å². The van der Waals surface area contributed by atoms with E-state index in [0.29, 0.717) is 0 Å². The minimum Gasteiger partial charge on any atom is -0.364 e. The summed E-state index contributed by atoms with van der Waals surface area (Å²) in [6.45, 7) is 0. The molecule has 2 aromatic heterocycles. The van der Waals surface area contributed by atoms with E-state index in [1.165, 1.54) is 17.0 Å². The first-order valence-corrected chi connectivity index (χ1v) is 5.96. The molecular formula is C15H13BN2. The van der Waals surface area contributed by atoms with Gasteiger partial charge in [-0.1, -0.05) is 29.7 Å². The van der Waals surface area contributed by atoms with Crippen LogP contribution in [-0.4, -0.2) is 17.8 Å². The van der Waals surface area contributed by atoms with Crippen molar-refractivity contribution in [1.29, 1.82) is 0 Å². The minimum absolute atomic E-state index is 0.190. The van der Waals surface area contributed by atoms with Crippen molar-refractivity contribution in [3.63, 3.8) is 0 Å². The van der Waals surface area contributed by atoms with Gasteiger partial charge in [0.1, 0.15) is 7.85 Å². The van der Waals surface area contributed by atoms with Crippen molar-refractivity contribution in [3.05, 3.63) is 77.9 Å². The lowest BCUT2D eigenvalue weighted by molar-refractivity contribution is 0.898. The zero-order valence-electron chi connectivity index (χ0n) is 9.93. The number of rotatable bonds is 3. The Morgan fingerprint density at radius 1 is 0.778 bits per heavy atom. The third-order valence-corrected chi connectivity index (χ3v) is 3.14. The Morgan fingerprint density at radius 2 is 1.33 bits per heavy atom. The molecule has 3 aromatic rings. The molecule has 18 heavy (non-hydrogen) atoms. The van der Waals surface area contributed by atoms with Crippen molar-refractivity contribution in [3.8, 4) is 0 Å². The van der Waals surface area contributed by atoms with Crippen molar-refractivity contribution in [2.45, 2.75) is 5.92 Å². The normalized spacial score (nSPS) is 10.9. The molecule has 0 saturated carbocycles. The smallest absolute Gasteiger partial charge is 0.113 e. The maximum atomic E-state index is 5.75. The van der Waals surface area contributed by atoms with Gasteiger partial charge in [0.05, 0.1) is 5.92 Å². The summed E-state index contributed by atoms with van der Waals surface area (Å²) in [7, 11) is 5.75. The van der Waals surface area contributed by atoms with Gasteiger partial charge in [-0.05, 0) is 29.8 Å². The van der Waals surface area contributed by atoms with Crippen LogP contribution in [-0.2, 0) is 0 Å². The molecule has 0 spiro atoms. The van der Waals surface area contributed by atoms with Gasteiger partial charge in [-0.25, -0.2) is 0 Å². The summed E-state index contributed by atoms with van der Waals surface area (Å²) in [6.07, 6.45) is 3.89. The summed E-state index contributed by atoms with van der Waals surface area (Å²) in [4.78, 5) is 6.57. The molecule has 2 nitrogen and oxygen atoms in total. The van der Waals surface area contributed by atoms with E-state index in [0.717, 1.165) is 5.46 Å². The summed E-state index contributed by atoms with van der Waals surface area (Å²) >= 11 is 0. The van der Waals surface area contributed by atoms with Crippen LogP contribution in [0.4, 0.5) is 0 Å². The Labute approximate surface area is 107 Å². The number of aromatic nitrogens is 2. The largest absolute Gasteiger partial charge is 0.364 e. The van der Waals surface area contributed by atoms with Crippen LogP contribution in [0.2, 0.25) is 0 Å². The predicted molar refractivity (Wildman–Crippen MR) is 74.4 cm³/mol. The Hall–Kier alpha value is -2.16. The maximum Gasteiger partial charge on any atom is 0.113 e. The molecule has 1 aromatic carbocycles. The van der Waals surface area contributed by atoms with Gasteiger partial charge >= 0.3 is 0 Å². The van der Waals surface area contributed by atoms with Crippen LogP contribution in [0.15, 0.2) is 60.9 Å². The number of aromatic amines is 2. The molecule has 2 radical (unpaired) electrons. The zero-order valence-corrected chi connectivity index (χ0v) is 9.93. The number of hydrogen-bond donors (Lipinski definition) is 2. The van der Waals surface area contributed by atoms with Gasteiger partial charge in [-0.15, -0.1) is 0 Å². The quantitative estimate of drug-likeness (QED) is 0.649. The summed E-state index contributed by atoms with van der Waals surface area (Å²) in [5, 5.41) is 0. The molecule has 0 aliphatic carbocycles. The average Bonchev–Trinajstić information content (AvgIpc) is 3.06. The first-order chi connectivity index (χ1) is 8.84. The van der Waals surface area contributed by atoms with Gasteiger partial charge in [-0.2, -0.15) is 0 Å². The van der Waals surface area contributed by atoms with E-state index in [1.807, 2.05) is 36.7 Å². The monoisotopic (exact) mass is 232 g/mol. The van der Waals surface area contributed by atoms with E-state index in [9.17, 15) is 0 Å². The second kappa shape index (κ2) is 4.61. The number of hydrogen-bond acceptors (Lipinski definition) is 0. The average molecular weight is 232 g/mol. The van der Waals surface area contributed by atoms with E-state index in [4.69, 9.17) is 7.85 Å².